The van der Waals surface area contributed by atoms with Crippen LogP contribution in [-0.2, 0) is 19.6 Å². The van der Waals surface area contributed by atoms with Crippen LogP contribution in [0.4, 0.5) is 0 Å². The molecule has 8 heteroatoms. The van der Waals surface area contributed by atoms with Gasteiger partial charge in [0.2, 0.25) is 0 Å². The molecule has 6 nitrogen and oxygen atoms in total. The predicted molar refractivity (Wildman–Crippen MR) is 51.4 cm³/mol. The molecule has 0 heterocycles. The summed E-state index contributed by atoms with van der Waals surface area (Å²) in [5, 5.41) is 9.33. The van der Waals surface area contributed by atoms with Crippen molar-refractivity contribution in [1.29, 1.82) is 0 Å². The summed E-state index contributed by atoms with van der Waals surface area (Å²) in [6.07, 6.45) is 0. The number of aliphatic hydroxyl groups excluding tert-OH is 1. The summed E-state index contributed by atoms with van der Waals surface area (Å²) < 4.78 is 34.6. The van der Waals surface area contributed by atoms with Gasteiger partial charge in [0, 0.05) is 5.92 Å². The molecule has 0 saturated heterocycles. The van der Waals surface area contributed by atoms with Crippen LogP contribution in [0.15, 0.2) is 0 Å². The van der Waals surface area contributed by atoms with Crippen LogP contribution in [0.3, 0.4) is 0 Å². The molecule has 1 aliphatic rings. The fourth-order valence-corrected chi connectivity index (χ4v) is 2.85. The van der Waals surface area contributed by atoms with E-state index >= 15 is 0 Å². The molecule has 0 spiro atoms. The molecule has 90 valence electrons. The quantitative estimate of drug-likeness (QED) is 0.319. The Morgan fingerprint density at radius 1 is 1.50 bits per heavy atom. The Morgan fingerprint density at radius 3 is 2.25 bits per heavy atom. The maximum atomic E-state index is 11.2. The van der Waals surface area contributed by atoms with Crippen molar-refractivity contribution in [1.82, 2.24) is 0 Å². The Morgan fingerprint density at radius 2 is 1.94 bits per heavy atom. The number of carbonyl (C=O) groups excluding carboxylic acids is 1. The molecule has 0 aromatic rings. The first-order chi connectivity index (χ1) is 6.64. The Balaban J connectivity index is 0. The summed E-state index contributed by atoms with van der Waals surface area (Å²) in [5.41, 5.74) is -2.61. The topological polar surface area (TPSA) is 101 Å². The average Bonchev–Trinajstić information content (AvgIpc) is 2.64. The molecule has 0 aromatic heterocycles. The molecule has 0 bridgehead atoms. The standard InChI is InChI=1S/C8H14O6S.K.H/c1-8(2)4(6(9)14-3)5(8)7(10)15(11,12)13;;/h4-5,7,10H,1-3H3,(H,11,12,13);;/q;+1;-1. The average molecular weight is 278 g/mol. The van der Waals surface area contributed by atoms with Crippen LogP contribution in [0.5, 0.6) is 0 Å². The Kier molecular flexibility index (Phi) is 5.63. The number of hydrogen-bond donors (Lipinski definition) is 2. The van der Waals surface area contributed by atoms with Crippen molar-refractivity contribution < 1.29 is 80.4 Å². The number of methoxy groups -OCH3 is 1. The maximum absolute atomic E-state index is 11.2. The second-order valence-corrected chi connectivity index (χ2v) is 5.77. The molecule has 1 fully saturated rings. The molecule has 16 heavy (non-hydrogen) atoms. The summed E-state index contributed by atoms with van der Waals surface area (Å²) in [7, 11) is -3.35. The summed E-state index contributed by atoms with van der Waals surface area (Å²) >= 11 is 0. The van der Waals surface area contributed by atoms with Crippen LogP contribution in [0.25, 0.3) is 0 Å². The van der Waals surface area contributed by atoms with Crippen molar-refractivity contribution in [3.05, 3.63) is 0 Å². The molecule has 0 radical (unpaired) electrons. The molecule has 1 aliphatic carbocycles. The second kappa shape index (κ2) is 5.31. The summed E-state index contributed by atoms with van der Waals surface area (Å²) in [6.45, 7) is 3.27. The number of esters is 1. The van der Waals surface area contributed by atoms with E-state index in [0.29, 0.717) is 0 Å². The van der Waals surface area contributed by atoms with Gasteiger partial charge in [0.05, 0.1) is 13.0 Å². The monoisotopic (exact) mass is 278 g/mol. The molecule has 0 aromatic carbocycles. The van der Waals surface area contributed by atoms with E-state index in [-0.39, 0.29) is 52.8 Å². The Labute approximate surface area is 138 Å². The summed E-state index contributed by atoms with van der Waals surface area (Å²) in [5.74, 6) is -2.09. The van der Waals surface area contributed by atoms with Crippen molar-refractivity contribution in [3.8, 4) is 0 Å². The molecular weight excluding hydrogens is 263 g/mol. The van der Waals surface area contributed by atoms with Crippen molar-refractivity contribution in [2.45, 2.75) is 19.3 Å². The third kappa shape index (κ3) is 3.05. The minimum Gasteiger partial charge on any atom is -1.00 e. The second-order valence-electron chi connectivity index (χ2n) is 4.25. The van der Waals surface area contributed by atoms with Gasteiger partial charge in [-0.3, -0.25) is 9.35 Å². The van der Waals surface area contributed by atoms with Crippen LogP contribution < -0.4 is 51.4 Å². The van der Waals surface area contributed by atoms with Crippen molar-refractivity contribution >= 4 is 16.1 Å². The van der Waals surface area contributed by atoms with E-state index in [1.165, 1.54) is 7.11 Å². The number of ether oxygens (including phenoxy) is 1. The van der Waals surface area contributed by atoms with Crippen molar-refractivity contribution in [2.75, 3.05) is 7.11 Å². The Hall–Kier alpha value is 0.976. The third-order valence-corrected chi connectivity index (χ3v) is 3.88. The van der Waals surface area contributed by atoms with Crippen LogP contribution >= 0.6 is 0 Å². The van der Waals surface area contributed by atoms with E-state index in [0.717, 1.165) is 0 Å². The van der Waals surface area contributed by atoms with Crippen LogP contribution in [0.1, 0.15) is 15.3 Å². The summed E-state index contributed by atoms with van der Waals surface area (Å²) in [6, 6.07) is 0. The molecule has 1 saturated carbocycles. The van der Waals surface area contributed by atoms with E-state index in [2.05, 4.69) is 4.74 Å². The fraction of sp³-hybridized carbons (Fsp3) is 0.875. The van der Waals surface area contributed by atoms with Gasteiger partial charge in [-0.1, -0.05) is 13.8 Å². The largest absolute Gasteiger partial charge is 1.00 e. The van der Waals surface area contributed by atoms with Crippen LogP contribution in [0, 0.1) is 17.3 Å². The van der Waals surface area contributed by atoms with Gasteiger partial charge in [-0.15, -0.1) is 0 Å². The number of hydrogen-bond acceptors (Lipinski definition) is 5. The molecule has 3 unspecified atom stereocenters. The van der Waals surface area contributed by atoms with Gasteiger partial charge >= 0.3 is 57.4 Å². The minimum absolute atomic E-state index is 0. The smallest absolute Gasteiger partial charge is 1.00 e. The first-order valence-corrected chi connectivity index (χ1v) is 5.86. The third-order valence-electron chi connectivity index (χ3n) is 2.98. The number of rotatable bonds is 3. The summed E-state index contributed by atoms with van der Waals surface area (Å²) in [4.78, 5) is 11.2. The zero-order valence-corrected chi connectivity index (χ0v) is 13.6. The normalized spacial score (nSPS) is 28.8. The van der Waals surface area contributed by atoms with Crippen LogP contribution in [0.2, 0.25) is 0 Å². The van der Waals surface area contributed by atoms with Crippen molar-refractivity contribution in [3.63, 3.8) is 0 Å². The molecule has 0 aliphatic heterocycles. The first-order valence-electron chi connectivity index (χ1n) is 4.36. The van der Waals surface area contributed by atoms with Gasteiger partial charge in [-0.25, -0.2) is 0 Å². The van der Waals surface area contributed by atoms with E-state index in [1.54, 1.807) is 13.8 Å². The maximum Gasteiger partial charge on any atom is 1.00 e. The molecule has 1 rings (SSSR count). The van der Waals surface area contributed by atoms with Crippen LogP contribution in [-0.4, -0.2) is 36.6 Å². The van der Waals surface area contributed by atoms with Gasteiger partial charge in [-0.2, -0.15) is 8.42 Å². The number of carbonyl (C=O) groups is 1. The molecule has 0 amide bonds. The molecule has 2 N–H and O–H groups in total. The minimum atomic E-state index is -4.54. The number of aliphatic hydroxyl groups is 1. The van der Waals surface area contributed by atoms with Crippen molar-refractivity contribution in [2.24, 2.45) is 17.3 Å². The van der Waals surface area contributed by atoms with Gasteiger partial charge in [0.25, 0.3) is 10.1 Å². The van der Waals surface area contributed by atoms with Gasteiger partial charge in [0.1, 0.15) is 0 Å². The van der Waals surface area contributed by atoms with E-state index < -0.39 is 38.8 Å². The van der Waals surface area contributed by atoms with Gasteiger partial charge in [0.15, 0.2) is 5.44 Å². The zero-order chi connectivity index (χ0) is 12.0. The fourth-order valence-electron chi connectivity index (χ4n) is 1.97. The zero-order valence-electron chi connectivity index (χ0n) is 10.7. The SMILES string of the molecule is COC(=O)C1C(C(O)S(=O)(=O)O)C1(C)C.[H-].[K+]. The Bertz CT molecular complexity index is 381. The first kappa shape index (κ1) is 17.0. The van der Waals surface area contributed by atoms with Gasteiger partial charge < -0.3 is 11.3 Å². The predicted octanol–water partition coefficient (Wildman–Crippen LogP) is -3.25. The van der Waals surface area contributed by atoms with E-state index in [9.17, 15) is 18.3 Å². The molecular formula is C8H15KO6S. The van der Waals surface area contributed by atoms with Gasteiger partial charge in [-0.05, 0) is 5.41 Å². The van der Waals surface area contributed by atoms with E-state index in [4.69, 9.17) is 4.55 Å². The van der Waals surface area contributed by atoms with E-state index in [1.807, 2.05) is 0 Å². The molecule has 3 atom stereocenters.